The molecule has 0 atom stereocenters. The summed E-state index contributed by atoms with van der Waals surface area (Å²) >= 11 is 0. The highest BCUT2D eigenvalue weighted by molar-refractivity contribution is 7.92. The first-order chi connectivity index (χ1) is 19.4. The fourth-order valence-corrected chi connectivity index (χ4v) is 6.51. The molecule has 1 aliphatic rings. The Morgan fingerprint density at radius 3 is 2.10 bits per heavy atom. The summed E-state index contributed by atoms with van der Waals surface area (Å²) in [6.45, 7) is 0.115. The molecule has 4 rings (SSSR count). The van der Waals surface area contributed by atoms with Crippen molar-refractivity contribution >= 4 is 49.0 Å². The second-order valence-corrected chi connectivity index (χ2v) is 12.5. The number of ether oxygens (including phenoxy) is 1. The van der Waals surface area contributed by atoms with Crippen molar-refractivity contribution < 1.29 is 41.2 Å². The van der Waals surface area contributed by atoms with Crippen LogP contribution in [0.15, 0.2) is 76.5 Å². The van der Waals surface area contributed by atoms with Crippen LogP contribution >= 0.6 is 0 Å². The molecule has 0 saturated carbocycles. The molecule has 216 valence electrons. The van der Waals surface area contributed by atoms with Crippen molar-refractivity contribution in [1.29, 1.82) is 0 Å². The van der Waals surface area contributed by atoms with Gasteiger partial charge in [0, 0.05) is 36.6 Å². The van der Waals surface area contributed by atoms with Crippen LogP contribution in [-0.4, -0.2) is 62.7 Å². The number of amides is 1. The molecule has 0 bridgehead atoms. The maximum absolute atomic E-state index is 12.8. The van der Waals surface area contributed by atoms with Gasteiger partial charge in [-0.2, -0.15) is 4.31 Å². The van der Waals surface area contributed by atoms with Gasteiger partial charge >= 0.3 is 5.97 Å². The third-order valence-corrected chi connectivity index (χ3v) is 9.30. The summed E-state index contributed by atoms with van der Waals surface area (Å²) in [5.74, 6) is -2.55. The Morgan fingerprint density at radius 1 is 0.902 bits per heavy atom. The monoisotopic (exact) mass is 604 g/mol. The van der Waals surface area contributed by atoms with Gasteiger partial charge in [-0.3, -0.25) is 19.6 Å². The largest absolute Gasteiger partial charge is 0.507 e. The van der Waals surface area contributed by atoms with Crippen LogP contribution in [0.3, 0.4) is 0 Å². The van der Waals surface area contributed by atoms with Gasteiger partial charge in [0.25, 0.3) is 21.6 Å². The lowest BCUT2D eigenvalue weighted by molar-refractivity contribution is -0.384. The van der Waals surface area contributed by atoms with E-state index in [2.05, 4.69) is 10.0 Å². The number of phenols is 1. The molecule has 0 aromatic heterocycles. The number of nitrogens with zero attached hydrogens (tertiary/aromatic N) is 2. The molecule has 14 nitrogen and oxygen atoms in total. The molecule has 1 heterocycles. The molecular weight excluding hydrogens is 580 g/mol. The van der Waals surface area contributed by atoms with Crippen molar-refractivity contribution in [3.8, 4) is 5.75 Å². The number of hydrogen-bond donors (Lipinski definition) is 3. The average molecular weight is 605 g/mol. The molecule has 1 saturated heterocycles. The second-order valence-electron chi connectivity index (χ2n) is 8.85. The molecule has 0 unspecified atom stereocenters. The quantitative estimate of drug-likeness (QED) is 0.175. The molecule has 3 N–H and O–H groups in total. The number of phenolic OH excluding ortho intramolecular Hbond substituents is 1. The van der Waals surface area contributed by atoms with E-state index in [1.807, 2.05) is 0 Å². The molecule has 0 aliphatic carbocycles. The highest BCUT2D eigenvalue weighted by atomic mass is 32.2. The van der Waals surface area contributed by atoms with Crippen LogP contribution in [0.1, 0.15) is 23.2 Å². The SMILES string of the molecule is O=C(COC(=O)c1cc(S(=O)(=O)Nc2ccc([N+](=O)[O-])cc2)ccc1O)Nc1ccc(S(=O)(=O)N2CCCC2)cc1. The second kappa shape index (κ2) is 11.9. The van der Waals surface area contributed by atoms with Gasteiger partial charge < -0.3 is 15.2 Å². The smallest absolute Gasteiger partial charge is 0.342 e. The maximum Gasteiger partial charge on any atom is 0.342 e. The highest BCUT2D eigenvalue weighted by Gasteiger charge is 2.27. The molecule has 3 aromatic carbocycles. The number of nitro groups is 1. The number of carbonyl (C=O) groups excluding carboxylic acids is 2. The third-order valence-electron chi connectivity index (χ3n) is 6.00. The zero-order valence-electron chi connectivity index (χ0n) is 21.2. The fraction of sp³-hybridized carbons (Fsp3) is 0.200. The van der Waals surface area contributed by atoms with Gasteiger partial charge in [0.1, 0.15) is 11.3 Å². The van der Waals surface area contributed by atoms with Crippen molar-refractivity contribution in [2.75, 3.05) is 29.7 Å². The fourth-order valence-electron chi connectivity index (χ4n) is 3.90. The zero-order valence-corrected chi connectivity index (χ0v) is 22.9. The van der Waals surface area contributed by atoms with Crippen molar-refractivity contribution in [1.82, 2.24) is 4.31 Å². The number of aromatic hydroxyl groups is 1. The Kier molecular flexibility index (Phi) is 8.55. The molecule has 3 aromatic rings. The minimum absolute atomic E-state index is 0.0196. The van der Waals surface area contributed by atoms with Gasteiger partial charge in [0.05, 0.1) is 14.7 Å². The molecule has 0 radical (unpaired) electrons. The molecule has 0 spiro atoms. The lowest BCUT2D eigenvalue weighted by Gasteiger charge is -2.15. The summed E-state index contributed by atoms with van der Waals surface area (Å²) in [4.78, 5) is 34.6. The molecule has 1 fully saturated rings. The highest BCUT2D eigenvalue weighted by Crippen LogP contribution is 2.25. The Hall–Kier alpha value is -4.54. The van der Waals surface area contributed by atoms with Gasteiger partial charge in [0.15, 0.2) is 6.61 Å². The van der Waals surface area contributed by atoms with Gasteiger partial charge in [-0.25, -0.2) is 21.6 Å². The van der Waals surface area contributed by atoms with E-state index in [1.165, 1.54) is 40.7 Å². The predicted molar refractivity (Wildman–Crippen MR) is 145 cm³/mol. The van der Waals surface area contributed by atoms with Crippen LogP contribution in [0.25, 0.3) is 0 Å². The number of esters is 1. The molecule has 41 heavy (non-hydrogen) atoms. The number of hydrogen-bond acceptors (Lipinski definition) is 10. The van der Waals surface area contributed by atoms with Gasteiger partial charge in [-0.15, -0.1) is 0 Å². The summed E-state index contributed by atoms with van der Waals surface area (Å²) in [6.07, 6.45) is 1.59. The number of benzene rings is 3. The van der Waals surface area contributed by atoms with E-state index in [-0.39, 0.29) is 22.0 Å². The molecule has 1 amide bonds. The summed E-state index contributed by atoms with van der Waals surface area (Å²) in [7, 11) is -7.90. The summed E-state index contributed by atoms with van der Waals surface area (Å²) in [5, 5.41) is 23.3. The van der Waals surface area contributed by atoms with Crippen LogP contribution in [0, 0.1) is 10.1 Å². The predicted octanol–water partition coefficient (Wildman–Crippen LogP) is 2.68. The topological polar surface area (TPSA) is 202 Å². The number of non-ortho nitro benzene ring substituents is 1. The van der Waals surface area contributed by atoms with Gasteiger partial charge in [-0.05, 0) is 67.4 Å². The number of sulfonamides is 2. The van der Waals surface area contributed by atoms with Crippen LogP contribution in [0.4, 0.5) is 17.1 Å². The number of rotatable bonds is 10. The van der Waals surface area contributed by atoms with Crippen molar-refractivity contribution in [3.05, 3.63) is 82.4 Å². The number of carbonyl (C=O) groups is 2. The Morgan fingerprint density at radius 2 is 1.49 bits per heavy atom. The lowest BCUT2D eigenvalue weighted by atomic mass is 10.2. The Labute approximate surface area is 234 Å². The van der Waals surface area contributed by atoms with Crippen molar-refractivity contribution in [2.45, 2.75) is 22.6 Å². The van der Waals surface area contributed by atoms with Crippen molar-refractivity contribution in [3.63, 3.8) is 0 Å². The van der Waals surface area contributed by atoms with Crippen LogP contribution in [0.5, 0.6) is 5.75 Å². The van der Waals surface area contributed by atoms with Crippen LogP contribution in [-0.2, 0) is 29.6 Å². The minimum Gasteiger partial charge on any atom is -0.507 e. The van der Waals surface area contributed by atoms with E-state index in [0.29, 0.717) is 13.1 Å². The lowest BCUT2D eigenvalue weighted by Crippen LogP contribution is -2.27. The first-order valence-electron chi connectivity index (χ1n) is 12.0. The van der Waals surface area contributed by atoms with E-state index in [1.54, 1.807) is 0 Å². The Balaban J connectivity index is 1.37. The number of nitro benzene ring substituents is 1. The summed E-state index contributed by atoms with van der Waals surface area (Å²) < 4.78 is 59.3. The van der Waals surface area contributed by atoms with E-state index in [0.717, 1.165) is 43.2 Å². The zero-order chi connectivity index (χ0) is 29.8. The van der Waals surface area contributed by atoms with Crippen LogP contribution in [0.2, 0.25) is 0 Å². The van der Waals surface area contributed by atoms with Crippen molar-refractivity contribution in [2.24, 2.45) is 0 Å². The summed E-state index contributed by atoms with van der Waals surface area (Å²) in [5.41, 5.74) is -0.499. The average Bonchev–Trinajstić information content (AvgIpc) is 3.48. The first-order valence-corrected chi connectivity index (χ1v) is 15.0. The number of anilines is 2. The summed E-state index contributed by atoms with van der Waals surface area (Å²) in [6, 6.07) is 12.9. The van der Waals surface area contributed by atoms with Gasteiger partial charge in [0.2, 0.25) is 10.0 Å². The Bertz CT molecular complexity index is 1690. The normalized spacial score (nSPS) is 13.9. The van der Waals surface area contributed by atoms with E-state index in [9.17, 15) is 41.6 Å². The van der Waals surface area contributed by atoms with E-state index < -0.39 is 59.7 Å². The first kappa shape index (κ1) is 29.4. The minimum atomic E-state index is -4.27. The maximum atomic E-state index is 12.8. The number of nitrogens with one attached hydrogen (secondary N) is 2. The van der Waals surface area contributed by atoms with E-state index >= 15 is 0 Å². The third kappa shape index (κ3) is 6.97. The van der Waals surface area contributed by atoms with E-state index in [4.69, 9.17) is 4.74 Å². The molecular formula is C25H24N4O10S2. The molecule has 1 aliphatic heterocycles. The standard InChI is InChI=1S/C25H24N4O10S2/c30-23-12-11-21(40(35,36)27-18-3-7-19(8-4-18)29(33)34)15-22(23)25(32)39-16-24(31)26-17-5-9-20(10-6-17)41(37,38)28-13-1-2-14-28/h3-12,15,27,30H,1-2,13-14,16H2,(H,26,31). The molecule has 16 heteroatoms. The van der Waals surface area contributed by atoms with Gasteiger partial charge in [-0.1, -0.05) is 0 Å². The van der Waals surface area contributed by atoms with Crippen LogP contribution < -0.4 is 10.0 Å².